The molecule has 4 rings (SSSR count). The third-order valence-corrected chi connectivity index (χ3v) is 3.45. The van der Waals surface area contributed by atoms with Crippen LogP contribution in [0.1, 0.15) is 5.56 Å². The van der Waals surface area contributed by atoms with Gasteiger partial charge in [-0.05, 0) is 24.6 Å². The Morgan fingerprint density at radius 3 is 2.72 bits per heavy atom. The monoisotopic (exact) mass is 233 g/mol. The second-order valence-corrected chi connectivity index (χ2v) is 4.58. The molecule has 0 N–H and O–H groups in total. The van der Waals surface area contributed by atoms with Crippen LogP contribution in [-0.4, -0.2) is 4.98 Å². The molecule has 0 saturated heterocycles. The van der Waals surface area contributed by atoms with Gasteiger partial charge in [-0.3, -0.25) is 0 Å². The molecule has 0 bridgehead atoms. The summed E-state index contributed by atoms with van der Waals surface area (Å²) in [5, 5.41) is 2.24. The summed E-state index contributed by atoms with van der Waals surface area (Å²) in [6.07, 6.45) is 1.81. The predicted molar refractivity (Wildman–Crippen MR) is 72.9 cm³/mol. The summed E-state index contributed by atoms with van der Waals surface area (Å²) in [4.78, 5) is 4.78. The van der Waals surface area contributed by atoms with Gasteiger partial charge in [-0.2, -0.15) is 0 Å². The minimum atomic E-state index is 0.880. The molecule has 2 aromatic carbocycles. The van der Waals surface area contributed by atoms with Crippen LogP contribution in [0.5, 0.6) is 0 Å². The first-order valence-corrected chi connectivity index (χ1v) is 6.00. The van der Waals surface area contributed by atoms with E-state index in [1.54, 1.807) is 0 Å². The van der Waals surface area contributed by atoms with Crippen LogP contribution in [0.25, 0.3) is 33.1 Å². The van der Waals surface area contributed by atoms with Gasteiger partial charge >= 0.3 is 0 Å². The molecule has 18 heavy (non-hydrogen) atoms. The number of hydrogen-bond donors (Lipinski definition) is 0. The molecule has 0 atom stereocenters. The molecule has 0 amide bonds. The van der Waals surface area contributed by atoms with E-state index in [0.717, 1.165) is 27.7 Å². The Balaban J connectivity index is 2.28. The third kappa shape index (κ3) is 1.15. The number of para-hydroxylation sites is 2. The van der Waals surface area contributed by atoms with E-state index in [2.05, 4.69) is 31.2 Å². The van der Waals surface area contributed by atoms with E-state index in [1.165, 1.54) is 10.9 Å². The topological polar surface area (TPSA) is 26.0 Å². The van der Waals surface area contributed by atoms with E-state index in [4.69, 9.17) is 9.40 Å². The summed E-state index contributed by atoms with van der Waals surface area (Å²) in [7, 11) is 0. The zero-order valence-electron chi connectivity index (χ0n) is 9.97. The van der Waals surface area contributed by atoms with Gasteiger partial charge in [-0.25, -0.2) is 4.98 Å². The highest BCUT2D eigenvalue weighted by molar-refractivity contribution is 6.06. The molecule has 0 aliphatic carbocycles. The third-order valence-electron chi connectivity index (χ3n) is 3.45. The number of fused-ring (bicyclic) bond motifs is 5. The summed E-state index contributed by atoms with van der Waals surface area (Å²) in [5.41, 5.74) is 5.27. The molecule has 0 radical (unpaired) electrons. The lowest BCUT2D eigenvalue weighted by Crippen LogP contribution is -1.80. The van der Waals surface area contributed by atoms with Gasteiger partial charge in [-0.15, -0.1) is 0 Å². The van der Waals surface area contributed by atoms with Crippen LogP contribution in [0.3, 0.4) is 0 Å². The number of benzene rings is 2. The van der Waals surface area contributed by atoms with Crippen LogP contribution >= 0.6 is 0 Å². The molecule has 2 aromatic rings. The summed E-state index contributed by atoms with van der Waals surface area (Å²) >= 11 is 0. The van der Waals surface area contributed by atoms with E-state index < -0.39 is 0 Å². The highest BCUT2D eigenvalue weighted by Crippen LogP contribution is 2.37. The Morgan fingerprint density at radius 2 is 1.78 bits per heavy atom. The number of aromatic nitrogens is 1. The molecular weight excluding hydrogens is 222 g/mol. The number of nitrogens with zero attached hydrogens (tertiary/aromatic N) is 1. The van der Waals surface area contributed by atoms with Gasteiger partial charge in [-0.1, -0.05) is 30.3 Å². The zero-order chi connectivity index (χ0) is 12.1. The van der Waals surface area contributed by atoms with Gasteiger partial charge in [0.15, 0.2) is 0 Å². The molecule has 0 fully saturated rings. The van der Waals surface area contributed by atoms with Crippen LogP contribution in [0, 0.1) is 6.92 Å². The zero-order valence-corrected chi connectivity index (χ0v) is 9.97. The van der Waals surface area contributed by atoms with Crippen molar-refractivity contribution in [1.82, 2.24) is 4.98 Å². The predicted octanol–water partition coefficient (Wildman–Crippen LogP) is 4.39. The lowest BCUT2D eigenvalue weighted by atomic mass is 10.1. The fourth-order valence-corrected chi connectivity index (χ4v) is 2.54. The molecule has 0 unspecified atom stereocenters. The SMILES string of the molecule is Cc1cccc2c3coc4ccccc4c-3nc12. The van der Waals surface area contributed by atoms with Crippen molar-refractivity contribution in [3.8, 4) is 11.3 Å². The van der Waals surface area contributed by atoms with Crippen LogP contribution in [0.4, 0.5) is 0 Å². The second-order valence-electron chi connectivity index (χ2n) is 4.58. The molecule has 2 aliphatic rings. The van der Waals surface area contributed by atoms with E-state index >= 15 is 0 Å². The van der Waals surface area contributed by atoms with Crippen molar-refractivity contribution in [2.75, 3.05) is 0 Å². The Labute approximate surface area is 104 Å². The second kappa shape index (κ2) is 3.33. The van der Waals surface area contributed by atoms with Crippen molar-refractivity contribution in [3.63, 3.8) is 0 Å². The maximum Gasteiger partial charge on any atom is 0.135 e. The largest absolute Gasteiger partial charge is 0.464 e. The molecule has 2 heterocycles. The summed E-state index contributed by atoms with van der Waals surface area (Å²) in [6, 6.07) is 14.3. The van der Waals surface area contributed by atoms with Crippen molar-refractivity contribution in [2.24, 2.45) is 0 Å². The average molecular weight is 233 g/mol. The fraction of sp³-hybridized carbons (Fsp3) is 0.0625. The molecule has 2 nitrogen and oxygen atoms in total. The van der Waals surface area contributed by atoms with Crippen molar-refractivity contribution < 1.29 is 4.42 Å². The van der Waals surface area contributed by atoms with Crippen LogP contribution in [0.2, 0.25) is 0 Å². The van der Waals surface area contributed by atoms with Gasteiger partial charge < -0.3 is 4.42 Å². The molecule has 2 aliphatic heterocycles. The molecular formula is C16H11NO. The normalized spacial score (nSPS) is 11.6. The molecule has 86 valence electrons. The molecule has 0 aromatic heterocycles. The van der Waals surface area contributed by atoms with Gasteiger partial charge in [0.05, 0.1) is 11.2 Å². The Morgan fingerprint density at radius 1 is 0.944 bits per heavy atom. The lowest BCUT2D eigenvalue weighted by molar-refractivity contribution is 0.606. The van der Waals surface area contributed by atoms with E-state index in [9.17, 15) is 0 Å². The Kier molecular flexibility index (Phi) is 1.78. The minimum absolute atomic E-state index is 0.880. The first kappa shape index (κ1) is 9.66. The van der Waals surface area contributed by atoms with E-state index in [0.29, 0.717) is 0 Å². The quantitative estimate of drug-likeness (QED) is 0.450. The van der Waals surface area contributed by atoms with Crippen molar-refractivity contribution in [3.05, 3.63) is 54.3 Å². The average Bonchev–Trinajstić information content (AvgIpc) is 2.79. The summed E-state index contributed by atoms with van der Waals surface area (Å²) in [6.45, 7) is 2.09. The lowest BCUT2D eigenvalue weighted by Gasteiger charge is -2.02. The van der Waals surface area contributed by atoms with Gasteiger partial charge in [0.25, 0.3) is 0 Å². The minimum Gasteiger partial charge on any atom is -0.464 e. The van der Waals surface area contributed by atoms with E-state index in [1.807, 2.05) is 24.5 Å². The standard InChI is InChI=1S/C16H11NO/c1-10-5-4-7-11-13-9-18-14-8-3-2-6-12(14)16(13)17-15(10)11/h2-9H,1H3. The van der Waals surface area contributed by atoms with Gasteiger partial charge in [0.2, 0.25) is 0 Å². The molecule has 0 saturated carbocycles. The Bertz CT molecular complexity index is 844. The fourth-order valence-electron chi connectivity index (χ4n) is 2.54. The highest BCUT2D eigenvalue weighted by atomic mass is 16.3. The summed E-state index contributed by atoms with van der Waals surface area (Å²) < 4.78 is 5.69. The van der Waals surface area contributed by atoms with Crippen LogP contribution in [0.15, 0.2) is 53.1 Å². The first-order chi connectivity index (χ1) is 8.84. The van der Waals surface area contributed by atoms with Gasteiger partial charge in [0, 0.05) is 16.3 Å². The van der Waals surface area contributed by atoms with Crippen LogP contribution < -0.4 is 0 Å². The number of hydrogen-bond acceptors (Lipinski definition) is 2. The maximum absolute atomic E-state index is 5.69. The molecule has 0 spiro atoms. The Hall–Kier alpha value is -2.35. The van der Waals surface area contributed by atoms with Gasteiger partial charge in [0.1, 0.15) is 11.8 Å². The van der Waals surface area contributed by atoms with E-state index in [-0.39, 0.29) is 0 Å². The smallest absolute Gasteiger partial charge is 0.135 e. The van der Waals surface area contributed by atoms with Crippen molar-refractivity contribution in [2.45, 2.75) is 6.92 Å². The number of rotatable bonds is 0. The molecule has 2 heteroatoms. The highest BCUT2D eigenvalue weighted by Gasteiger charge is 2.16. The van der Waals surface area contributed by atoms with Crippen molar-refractivity contribution in [1.29, 1.82) is 0 Å². The van der Waals surface area contributed by atoms with Crippen molar-refractivity contribution >= 4 is 21.9 Å². The maximum atomic E-state index is 5.69. The van der Waals surface area contributed by atoms with Crippen LogP contribution in [-0.2, 0) is 0 Å². The first-order valence-electron chi connectivity index (χ1n) is 6.00. The number of aryl methyl sites for hydroxylation is 1. The summed E-state index contributed by atoms with van der Waals surface area (Å²) in [5.74, 6) is 0.